The van der Waals surface area contributed by atoms with Crippen LogP contribution in [0.5, 0.6) is 0 Å². The highest BCUT2D eigenvalue weighted by Gasteiger charge is 2.35. The first-order valence-electron chi connectivity index (χ1n) is 8.89. The number of hydrazine groups is 2. The summed E-state index contributed by atoms with van der Waals surface area (Å²) >= 11 is 0. The van der Waals surface area contributed by atoms with E-state index in [0.29, 0.717) is 35.5 Å². The van der Waals surface area contributed by atoms with Crippen LogP contribution in [0.4, 0.5) is 5.69 Å². The molecule has 0 aliphatic carbocycles. The van der Waals surface area contributed by atoms with Gasteiger partial charge in [0.05, 0.1) is 17.6 Å². The van der Waals surface area contributed by atoms with E-state index in [1.807, 2.05) is 48.5 Å². The molecule has 28 heavy (non-hydrogen) atoms. The zero-order chi connectivity index (χ0) is 19.1. The highest BCUT2D eigenvalue weighted by molar-refractivity contribution is 6.07. The smallest absolute Gasteiger partial charge is 0.296 e. The van der Waals surface area contributed by atoms with Gasteiger partial charge < -0.3 is 5.43 Å². The van der Waals surface area contributed by atoms with E-state index < -0.39 is 5.56 Å². The second kappa shape index (κ2) is 6.43. The van der Waals surface area contributed by atoms with Gasteiger partial charge in [-0.3, -0.25) is 19.5 Å². The number of nitrogens with zero attached hydrogens (tertiary/aromatic N) is 4. The number of aromatic nitrogens is 2. The lowest BCUT2D eigenvalue weighted by Gasteiger charge is -2.33. The molecule has 3 heterocycles. The minimum atomic E-state index is -0.478. The quantitative estimate of drug-likeness (QED) is 0.698. The Bertz CT molecular complexity index is 1180. The highest BCUT2D eigenvalue weighted by atomic mass is 16.2. The van der Waals surface area contributed by atoms with Crippen molar-refractivity contribution in [2.24, 2.45) is 0 Å². The Balaban J connectivity index is 1.79. The van der Waals surface area contributed by atoms with Crippen molar-refractivity contribution in [1.82, 2.24) is 25.9 Å². The van der Waals surface area contributed by atoms with Crippen LogP contribution < -0.4 is 21.4 Å². The fourth-order valence-corrected chi connectivity index (χ4v) is 3.45. The maximum absolute atomic E-state index is 13.2. The van der Waals surface area contributed by atoms with E-state index in [-0.39, 0.29) is 11.6 Å². The standard InChI is InChI=1S/C20H16N6O2/c27-19-18(25-10-11-26-16(20(25)28)12-21-24-26)17(13-6-2-1-3-7-13)22-14-8-4-5-9-15(14)23-19/h1-9,12,21,24H,10-11H2. The molecule has 1 amide bonds. The average Bonchev–Trinajstić information content (AvgIpc) is 3.15. The molecule has 1 fully saturated rings. The van der Waals surface area contributed by atoms with Gasteiger partial charge in [-0.2, -0.15) is 0 Å². The van der Waals surface area contributed by atoms with Gasteiger partial charge in [0, 0.05) is 18.3 Å². The van der Waals surface area contributed by atoms with Crippen molar-refractivity contribution in [3.05, 3.63) is 76.8 Å². The summed E-state index contributed by atoms with van der Waals surface area (Å²) in [4.78, 5) is 36.7. The summed E-state index contributed by atoms with van der Waals surface area (Å²) in [6, 6.07) is 16.6. The Kier molecular flexibility index (Phi) is 3.77. The first-order chi connectivity index (χ1) is 13.7. The number of rotatable bonds is 2. The zero-order valence-corrected chi connectivity index (χ0v) is 14.8. The lowest BCUT2D eigenvalue weighted by atomic mass is 10.1. The Morgan fingerprint density at radius 1 is 0.857 bits per heavy atom. The molecule has 2 aliphatic heterocycles. The molecule has 8 nitrogen and oxygen atoms in total. The van der Waals surface area contributed by atoms with Crippen molar-refractivity contribution < 1.29 is 4.79 Å². The number of hydrogen-bond donors (Lipinski definition) is 2. The van der Waals surface area contributed by atoms with Crippen molar-refractivity contribution in [3.63, 3.8) is 0 Å². The van der Waals surface area contributed by atoms with Crippen LogP contribution in [-0.4, -0.2) is 34.0 Å². The van der Waals surface area contributed by atoms with Crippen LogP contribution >= 0.6 is 0 Å². The number of benzene rings is 2. The highest BCUT2D eigenvalue weighted by Crippen LogP contribution is 2.29. The molecule has 2 aliphatic rings. The van der Waals surface area contributed by atoms with Gasteiger partial charge in [-0.15, -0.1) is 5.53 Å². The fraction of sp³-hybridized carbons (Fsp3) is 0.100. The maximum atomic E-state index is 13.2. The normalized spacial score (nSPS) is 16.0. The number of piperazine rings is 1. The molecule has 0 saturated carbocycles. The van der Waals surface area contributed by atoms with E-state index in [0.717, 1.165) is 5.56 Å². The largest absolute Gasteiger partial charge is 0.309 e. The molecule has 0 atom stereocenters. The van der Waals surface area contributed by atoms with Crippen molar-refractivity contribution in [3.8, 4) is 11.3 Å². The lowest BCUT2D eigenvalue weighted by Crippen LogP contribution is -2.52. The number of carbonyl (C=O) groups is 1. The first-order valence-corrected chi connectivity index (χ1v) is 8.89. The van der Waals surface area contributed by atoms with E-state index in [9.17, 15) is 9.59 Å². The van der Waals surface area contributed by atoms with E-state index >= 15 is 0 Å². The number of hydrogen-bond acceptors (Lipinski definition) is 7. The zero-order valence-electron chi connectivity index (χ0n) is 14.8. The van der Waals surface area contributed by atoms with E-state index in [2.05, 4.69) is 15.9 Å². The summed E-state index contributed by atoms with van der Waals surface area (Å²) in [5.41, 5.74) is 8.15. The molecule has 1 saturated heterocycles. The lowest BCUT2D eigenvalue weighted by molar-refractivity contribution is -0.118. The van der Waals surface area contributed by atoms with Gasteiger partial charge in [-0.25, -0.2) is 9.97 Å². The van der Waals surface area contributed by atoms with Gasteiger partial charge in [-0.05, 0) is 12.1 Å². The molecule has 8 heteroatoms. The summed E-state index contributed by atoms with van der Waals surface area (Å²) in [7, 11) is 0. The number of amides is 1. The average molecular weight is 372 g/mol. The SMILES string of the molecule is O=C1C2=CNNN2CCN1c1c(-c2ccccc2)nc2ccccc2nc1=O. The summed E-state index contributed by atoms with van der Waals surface area (Å²) in [5, 5.41) is 1.71. The van der Waals surface area contributed by atoms with E-state index in [1.165, 1.54) is 4.90 Å². The van der Waals surface area contributed by atoms with Gasteiger partial charge in [0.2, 0.25) is 0 Å². The number of nitrogens with one attached hydrogen (secondary N) is 2. The number of fused-ring (bicyclic) bond motifs is 2. The monoisotopic (exact) mass is 372 g/mol. The van der Waals surface area contributed by atoms with Gasteiger partial charge in [-0.1, -0.05) is 42.5 Å². The molecular weight excluding hydrogens is 356 g/mol. The van der Waals surface area contributed by atoms with Crippen LogP contribution in [0.2, 0.25) is 0 Å². The van der Waals surface area contributed by atoms with Crippen LogP contribution in [0.3, 0.4) is 0 Å². The third kappa shape index (κ3) is 2.58. The minimum absolute atomic E-state index is 0.194. The molecule has 2 aromatic carbocycles. The maximum Gasteiger partial charge on any atom is 0.296 e. The van der Waals surface area contributed by atoms with E-state index in [1.54, 1.807) is 17.3 Å². The van der Waals surface area contributed by atoms with Gasteiger partial charge in [0.15, 0.2) is 0 Å². The number of para-hydroxylation sites is 2. The Morgan fingerprint density at radius 3 is 2.36 bits per heavy atom. The molecule has 0 bridgehead atoms. The fourth-order valence-electron chi connectivity index (χ4n) is 3.45. The van der Waals surface area contributed by atoms with Crippen molar-refractivity contribution in [2.75, 3.05) is 18.0 Å². The Hall–Kier alpha value is -3.78. The minimum Gasteiger partial charge on any atom is -0.309 e. The molecular formula is C20H16N6O2. The van der Waals surface area contributed by atoms with Crippen molar-refractivity contribution in [2.45, 2.75) is 0 Å². The van der Waals surface area contributed by atoms with Crippen LogP contribution in [0.15, 0.2) is 71.3 Å². The molecule has 2 N–H and O–H groups in total. The summed E-state index contributed by atoms with van der Waals surface area (Å²) in [6.07, 6.45) is 1.58. The number of carbonyl (C=O) groups excluding carboxylic acids is 1. The topological polar surface area (TPSA) is 90.5 Å². The third-order valence-electron chi connectivity index (χ3n) is 4.79. The van der Waals surface area contributed by atoms with Crippen LogP contribution in [0.1, 0.15) is 0 Å². The van der Waals surface area contributed by atoms with Gasteiger partial charge in [0.1, 0.15) is 17.1 Å². The molecule has 0 unspecified atom stereocenters. The second-order valence-corrected chi connectivity index (χ2v) is 6.47. The van der Waals surface area contributed by atoms with E-state index in [4.69, 9.17) is 4.98 Å². The predicted octanol–water partition coefficient (Wildman–Crippen LogP) is 1.17. The second-order valence-electron chi connectivity index (χ2n) is 6.47. The summed E-state index contributed by atoms with van der Waals surface area (Å²) in [5.74, 6) is -0.281. The van der Waals surface area contributed by atoms with Crippen LogP contribution in [0, 0.1) is 0 Å². The van der Waals surface area contributed by atoms with Crippen molar-refractivity contribution >= 4 is 22.6 Å². The molecule has 0 spiro atoms. The number of anilines is 1. The Morgan fingerprint density at radius 2 is 1.57 bits per heavy atom. The van der Waals surface area contributed by atoms with Gasteiger partial charge >= 0.3 is 0 Å². The summed E-state index contributed by atoms with van der Waals surface area (Å²) < 4.78 is 0. The molecule has 138 valence electrons. The molecule has 0 radical (unpaired) electrons. The summed E-state index contributed by atoms with van der Waals surface area (Å²) in [6.45, 7) is 0.861. The first kappa shape index (κ1) is 16.4. The van der Waals surface area contributed by atoms with Crippen LogP contribution in [0.25, 0.3) is 22.3 Å². The van der Waals surface area contributed by atoms with Crippen LogP contribution in [-0.2, 0) is 4.79 Å². The Labute approximate surface area is 160 Å². The predicted molar refractivity (Wildman–Crippen MR) is 105 cm³/mol. The van der Waals surface area contributed by atoms with Gasteiger partial charge in [0.25, 0.3) is 11.5 Å². The molecule has 3 aromatic rings. The molecule has 1 aromatic heterocycles. The van der Waals surface area contributed by atoms with Crippen molar-refractivity contribution in [1.29, 1.82) is 0 Å². The molecule has 5 rings (SSSR count). The third-order valence-corrected chi connectivity index (χ3v) is 4.79.